The van der Waals surface area contributed by atoms with Crippen LogP contribution in [0.2, 0.25) is 0 Å². The molecule has 1 saturated carbocycles. The number of non-ortho nitro benzene ring substituents is 1. The summed E-state index contributed by atoms with van der Waals surface area (Å²) in [6.45, 7) is 0.273. The lowest BCUT2D eigenvalue weighted by Crippen LogP contribution is -2.27. The van der Waals surface area contributed by atoms with E-state index in [-0.39, 0.29) is 24.6 Å². The van der Waals surface area contributed by atoms with E-state index in [4.69, 9.17) is 0 Å². The van der Waals surface area contributed by atoms with E-state index in [2.05, 4.69) is 20.8 Å². The van der Waals surface area contributed by atoms with Crippen LogP contribution in [0.5, 0.6) is 0 Å². The van der Waals surface area contributed by atoms with Crippen molar-refractivity contribution in [1.29, 1.82) is 0 Å². The largest absolute Gasteiger partial charge is 0.348 e. The molecule has 0 atom stereocenters. The normalized spacial score (nSPS) is 14.7. The molecule has 0 aliphatic heterocycles. The Bertz CT molecular complexity index is 721. The molecule has 1 fully saturated rings. The van der Waals surface area contributed by atoms with Gasteiger partial charge in [0.2, 0.25) is 5.91 Å². The third kappa shape index (κ3) is 3.73. The topological polar surface area (TPSA) is 116 Å². The summed E-state index contributed by atoms with van der Waals surface area (Å²) in [5, 5.41) is 25.1. The number of nitrogens with one attached hydrogen (secondary N) is 1. The minimum Gasteiger partial charge on any atom is -0.348 e. The minimum atomic E-state index is -0.466. The van der Waals surface area contributed by atoms with Gasteiger partial charge in [-0.3, -0.25) is 14.9 Å². The smallest absolute Gasteiger partial charge is 0.269 e. The number of nitro benzene ring substituents is 1. The molecule has 1 aliphatic carbocycles. The van der Waals surface area contributed by atoms with Gasteiger partial charge in [-0.15, -0.1) is 5.10 Å². The fraction of sp³-hybridized carbons (Fsp3) is 0.467. The number of nitrogens with zero attached hydrogens (tertiary/aromatic N) is 5. The van der Waals surface area contributed by atoms with Gasteiger partial charge in [-0.05, 0) is 28.8 Å². The number of rotatable bonds is 6. The van der Waals surface area contributed by atoms with Crippen molar-refractivity contribution in [2.45, 2.75) is 44.7 Å². The van der Waals surface area contributed by atoms with Crippen LogP contribution in [0.3, 0.4) is 0 Å². The van der Waals surface area contributed by atoms with Crippen LogP contribution in [0, 0.1) is 10.1 Å². The van der Waals surface area contributed by atoms with Crippen LogP contribution in [0.25, 0.3) is 0 Å². The first-order chi connectivity index (χ1) is 11.6. The van der Waals surface area contributed by atoms with Crippen molar-refractivity contribution in [3.8, 4) is 0 Å². The van der Waals surface area contributed by atoms with E-state index < -0.39 is 4.92 Å². The Balaban J connectivity index is 1.54. The molecule has 0 saturated heterocycles. The molecule has 126 valence electrons. The molecule has 1 aliphatic rings. The average Bonchev–Trinajstić information content (AvgIpc) is 3.24. The quantitative estimate of drug-likeness (QED) is 0.634. The number of carbonyl (C=O) groups is 1. The molecule has 3 rings (SSSR count). The summed E-state index contributed by atoms with van der Waals surface area (Å²) >= 11 is 0. The van der Waals surface area contributed by atoms with Gasteiger partial charge in [0.05, 0.1) is 23.9 Å². The molecule has 2 aromatic rings. The molecule has 1 heterocycles. The Morgan fingerprint density at radius 2 is 2.00 bits per heavy atom. The highest BCUT2D eigenvalue weighted by Gasteiger charge is 2.21. The van der Waals surface area contributed by atoms with Crippen LogP contribution in [0.15, 0.2) is 24.3 Å². The van der Waals surface area contributed by atoms with Gasteiger partial charge < -0.3 is 5.32 Å². The number of benzene rings is 1. The van der Waals surface area contributed by atoms with E-state index >= 15 is 0 Å². The maximum atomic E-state index is 12.0. The summed E-state index contributed by atoms with van der Waals surface area (Å²) in [5.41, 5.74) is 0.725. The highest BCUT2D eigenvalue weighted by atomic mass is 16.6. The molecule has 0 unspecified atom stereocenters. The van der Waals surface area contributed by atoms with Crippen LogP contribution < -0.4 is 5.32 Å². The molecule has 0 bridgehead atoms. The van der Waals surface area contributed by atoms with E-state index in [1.807, 2.05) is 0 Å². The number of aromatic nitrogens is 4. The maximum Gasteiger partial charge on any atom is 0.269 e. The Morgan fingerprint density at radius 3 is 2.67 bits per heavy atom. The van der Waals surface area contributed by atoms with Crippen molar-refractivity contribution < 1.29 is 9.72 Å². The molecule has 0 spiro atoms. The molecule has 24 heavy (non-hydrogen) atoms. The molecule has 0 radical (unpaired) electrons. The second kappa shape index (κ2) is 7.16. The predicted octanol–water partition coefficient (Wildman–Crippen LogP) is 1.56. The molecular weight excluding hydrogens is 312 g/mol. The highest BCUT2D eigenvalue weighted by Crippen LogP contribution is 2.28. The molecular formula is C15H18N6O3. The van der Waals surface area contributed by atoms with Crippen molar-refractivity contribution in [1.82, 2.24) is 25.5 Å². The Hall–Kier alpha value is -2.84. The van der Waals surface area contributed by atoms with Gasteiger partial charge in [0, 0.05) is 12.1 Å². The second-order valence-electron chi connectivity index (χ2n) is 5.86. The molecule has 1 N–H and O–H groups in total. The van der Waals surface area contributed by atoms with Crippen LogP contribution in [-0.2, 0) is 17.8 Å². The Labute approximate surface area is 138 Å². The number of hydrogen-bond donors (Lipinski definition) is 1. The fourth-order valence-corrected chi connectivity index (χ4v) is 2.92. The van der Waals surface area contributed by atoms with Gasteiger partial charge in [-0.2, -0.15) is 0 Å². The van der Waals surface area contributed by atoms with Gasteiger partial charge in [-0.25, -0.2) is 4.68 Å². The lowest BCUT2D eigenvalue weighted by molar-refractivity contribution is -0.384. The standard InChI is InChI=1S/C15H18N6O3/c22-15(9-11-5-7-13(8-6-11)21(23)24)16-10-14-17-18-19-20(14)12-3-1-2-4-12/h5-8,12H,1-4,9-10H2,(H,16,22). The number of amides is 1. The lowest BCUT2D eigenvalue weighted by atomic mass is 10.1. The molecule has 1 amide bonds. The number of tetrazole rings is 1. The van der Waals surface area contributed by atoms with Crippen molar-refractivity contribution in [3.63, 3.8) is 0 Å². The Morgan fingerprint density at radius 1 is 1.29 bits per heavy atom. The van der Waals surface area contributed by atoms with E-state index in [9.17, 15) is 14.9 Å². The predicted molar refractivity (Wildman–Crippen MR) is 84.0 cm³/mol. The zero-order valence-electron chi connectivity index (χ0n) is 13.1. The first-order valence-corrected chi connectivity index (χ1v) is 7.90. The van der Waals surface area contributed by atoms with Gasteiger partial charge in [0.25, 0.3) is 5.69 Å². The molecule has 1 aromatic carbocycles. The maximum absolute atomic E-state index is 12.0. The zero-order chi connectivity index (χ0) is 16.9. The van der Waals surface area contributed by atoms with E-state index in [0.29, 0.717) is 17.4 Å². The fourth-order valence-electron chi connectivity index (χ4n) is 2.92. The van der Waals surface area contributed by atoms with Crippen molar-refractivity contribution in [3.05, 3.63) is 45.8 Å². The van der Waals surface area contributed by atoms with Crippen LogP contribution in [-0.4, -0.2) is 31.0 Å². The summed E-state index contributed by atoms with van der Waals surface area (Å²) < 4.78 is 1.80. The van der Waals surface area contributed by atoms with E-state index in [0.717, 1.165) is 12.8 Å². The zero-order valence-corrected chi connectivity index (χ0v) is 13.1. The van der Waals surface area contributed by atoms with Crippen LogP contribution in [0.4, 0.5) is 5.69 Å². The molecule has 1 aromatic heterocycles. The summed E-state index contributed by atoms with van der Waals surface area (Å²) in [6, 6.07) is 6.27. The Kier molecular flexibility index (Phi) is 4.78. The summed E-state index contributed by atoms with van der Waals surface area (Å²) in [7, 11) is 0. The average molecular weight is 330 g/mol. The van der Waals surface area contributed by atoms with Gasteiger partial charge in [0.1, 0.15) is 0 Å². The number of hydrogen-bond acceptors (Lipinski definition) is 6. The van der Waals surface area contributed by atoms with Gasteiger partial charge in [-0.1, -0.05) is 25.0 Å². The lowest BCUT2D eigenvalue weighted by Gasteiger charge is -2.11. The first kappa shape index (κ1) is 16.0. The highest BCUT2D eigenvalue weighted by molar-refractivity contribution is 5.78. The van der Waals surface area contributed by atoms with Crippen LogP contribution >= 0.6 is 0 Å². The summed E-state index contributed by atoms with van der Waals surface area (Å²) in [4.78, 5) is 22.2. The minimum absolute atomic E-state index is 0.00916. The third-order valence-corrected chi connectivity index (χ3v) is 4.19. The second-order valence-corrected chi connectivity index (χ2v) is 5.86. The van der Waals surface area contributed by atoms with Crippen molar-refractivity contribution in [2.75, 3.05) is 0 Å². The number of nitro groups is 1. The molecule has 9 nitrogen and oxygen atoms in total. The van der Waals surface area contributed by atoms with Gasteiger partial charge >= 0.3 is 0 Å². The molecule has 9 heteroatoms. The van der Waals surface area contributed by atoms with Crippen molar-refractivity contribution in [2.24, 2.45) is 0 Å². The third-order valence-electron chi connectivity index (χ3n) is 4.19. The van der Waals surface area contributed by atoms with Gasteiger partial charge in [0.15, 0.2) is 5.82 Å². The number of carbonyl (C=O) groups excluding carboxylic acids is 1. The van der Waals surface area contributed by atoms with Crippen LogP contribution in [0.1, 0.15) is 43.1 Å². The van der Waals surface area contributed by atoms with E-state index in [1.54, 1.807) is 16.8 Å². The van der Waals surface area contributed by atoms with Crippen molar-refractivity contribution >= 4 is 11.6 Å². The summed E-state index contributed by atoms with van der Waals surface area (Å²) in [5.74, 6) is 0.476. The summed E-state index contributed by atoms with van der Waals surface area (Å²) in [6.07, 6.45) is 4.64. The SMILES string of the molecule is O=C(Cc1ccc([N+](=O)[O-])cc1)NCc1nnnn1C1CCCC1. The van der Waals surface area contributed by atoms with E-state index in [1.165, 1.54) is 25.0 Å². The first-order valence-electron chi connectivity index (χ1n) is 7.90. The monoisotopic (exact) mass is 330 g/mol.